The van der Waals surface area contributed by atoms with Crippen LogP contribution in [0, 0.1) is 0 Å². The summed E-state index contributed by atoms with van der Waals surface area (Å²) in [6.45, 7) is 4.46. The van der Waals surface area contributed by atoms with Crippen molar-refractivity contribution in [3.8, 4) is 0 Å². The molecule has 1 fully saturated rings. The number of hydrogen-bond donors (Lipinski definition) is 0. The van der Waals surface area contributed by atoms with E-state index < -0.39 is 6.43 Å². The second kappa shape index (κ2) is 8.30. The minimum absolute atomic E-state index is 0.124. The van der Waals surface area contributed by atoms with Crippen LogP contribution >= 0.6 is 0 Å². The van der Waals surface area contributed by atoms with Gasteiger partial charge < -0.3 is 0 Å². The summed E-state index contributed by atoms with van der Waals surface area (Å²) < 4.78 is 27.0. The molecule has 0 radical (unpaired) electrons. The molecular weight excluding hydrogens is 312 g/mol. The molecule has 1 saturated heterocycles. The van der Waals surface area contributed by atoms with E-state index in [2.05, 4.69) is 27.3 Å². The monoisotopic (exact) mass is 335 g/mol. The van der Waals surface area contributed by atoms with Gasteiger partial charge in [-0.3, -0.25) is 9.80 Å². The van der Waals surface area contributed by atoms with Gasteiger partial charge in [-0.25, -0.2) is 13.5 Å². The topological polar surface area (TPSA) is 37.2 Å². The van der Waals surface area contributed by atoms with Crippen molar-refractivity contribution in [3.05, 3.63) is 47.8 Å². The average Bonchev–Trinajstić information content (AvgIpc) is 2.87. The highest BCUT2D eigenvalue weighted by molar-refractivity contribution is 5.15. The molecule has 1 aromatic carbocycles. The van der Waals surface area contributed by atoms with Crippen molar-refractivity contribution in [2.75, 3.05) is 32.7 Å². The van der Waals surface area contributed by atoms with Gasteiger partial charge >= 0.3 is 0 Å². The van der Waals surface area contributed by atoms with Gasteiger partial charge in [0.15, 0.2) is 0 Å². The van der Waals surface area contributed by atoms with Gasteiger partial charge in [-0.05, 0) is 25.1 Å². The number of rotatable bonds is 6. The summed E-state index contributed by atoms with van der Waals surface area (Å²) in [6, 6.07) is 10.2. The Balaban J connectivity index is 1.58. The molecule has 0 unspecified atom stereocenters. The van der Waals surface area contributed by atoms with E-state index in [1.807, 2.05) is 27.8 Å². The Morgan fingerprint density at radius 1 is 0.958 bits per heavy atom. The average molecular weight is 335 g/mol. The fourth-order valence-electron chi connectivity index (χ4n) is 3.08. The molecule has 0 bridgehead atoms. The highest BCUT2D eigenvalue weighted by Crippen LogP contribution is 2.11. The van der Waals surface area contributed by atoms with Gasteiger partial charge in [-0.1, -0.05) is 35.5 Å². The third-order valence-corrected chi connectivity index (χ3v) is 4.34. The number of halogens is 2. The smallest absolute Gasteiger partial charge is 0.251 e. The van der Waals surface area contributed by atoms with E-state index in [9.17, 15) is 8.78 Å². The van der Waals surface area contributed by atoms with Gasteiger partial charge in [0.2, 0.25) is 0 Å². The molecule has 1 aliphatic heterocycles. The predicted octanol–water partition coefficient (Wildman–Crippen LogP) is 2.10. The van der Waals surface area contributed by atoms with Gasteiger partial charge in [0.05, 0.1) is 25.0 Å². The molecule has 0 aliphatic carbocycles. The molecule has 2 aromatic rings. The molecule has 1 aliphatic rings. The van der Waals surface area contributed by atoms with Crippen LogP contribution < -0.4 is 0 Å². The number of benzene rings is 1. The highest BCUT2D eigenvalue weighted by Gasteiger charge is 2.19. The summed E-state index contributed by atoms with van der Waals surface area (Å²) in [5, 5.41) is 8.22. The third kappa shape index (κ3) is 4.82. The van der Waals surface area contributed by atoms with E-state index in [4.69, 9.17) is 0 Å². The summed E-state index contributed by atoms with van der Waals surface area (Å²) in [6.07, 6.45) is 0.450. The lowest BCUT2D eigenvalue weighted by Gasteiger charge is -2.21. The van der Waals surface area contributed by atoms with Crippen LogP contribution in [0.1, 0.15) is 17.7 Å². The van der Waals surface area contributed by atoms with E-state index >= 15 is 0 Å². The van der Waals surface area contributed by atoms with Crippen LogP contribution in [-0.2, 0) is 13.1 Å². The van der Waals surface area contributed by atoms with Crippen molar-refractivity contribution >= 4 is 0 Å². The predicted molar refractivity (Wildman–Crippen MR) is 87.9 cm³/mol. The van der Waals surface area contributed by atoms with Crippen LogP contribution in [-0.4, -0.2) is 63.9 Å². The summed E-state index contributed by atoms with van der Waals surface area (Å²) >= 11 is 0. The molecular formula is C17H23F2N5. The molecule has 2 heterocycles. The molecule has 130 valence electrons. The molecule has 24 heavy (non-hydrogen) atoms. The number of hydrogen-bond acceptors (Lipinski definition) is 4. The Bertz CT molecular complexity index is 616. The van der Waals surface area contributed by atoms with Crippen molar-refractivity contribution in [1.82, 2.24) is 24.8 Å². The number of alkyl halides is 2. The fraction of sp³-hybridized carbons (Fsp3) is 0.529. The van der Waals surface area contributed by atoms with Crippen LogP contribution in [0.5, 0.6) is 0 Å². The zero-order chi connectivity index (χ0) is 16.8. The fourth-order valence-corrected chi connectivity index (χ4v) is 3.08. The number of nitrogens with zero attached hydrogens (tertiary/aromatic N) is 5. The van der Waals surface area contributed by atoms with Crippen molar-refractivity contribution < 1.29 is 8.78 Å². The molecule has 0 N–H and O–H groups in total. The normalized spacial score (nSPS) is 17.3. The van der Waals surface area contributed by atoms with Gasteiger partial charge in [-0.15, -0.1) is 5.10 Å². The van der Waals surface area contributed by atoms with Gasteiger partial charge in [0.1, 0.15) is 0 Å². The summed E-state index contributed by atoms with van der Waals surface area (Å²) in [5.74, 6) is 0. The first-order valence-corrected chi connectivity index (χ1v) is 8.35. The van der Waals surface area contributed by atoms with Crippen molar-refractivity contribution in [1.29, 1.82) is 0 Å². The van der Waals surface area contributed by atoms with E-state index in [1.165, 1.54) is 5.56 Å². The first-order valence-electron chi connectivity index (χ1n) is 8.35. The van der Waals surface area contributed by atoms with E-state index in [0.717, 1.165) is 38.3 Å². The van der Waals surface area contributed by atoms with Gasteiger partial charge in [0, 0.05) is 19.6 Å². The Kier molecular flexibility index (Phi) is 5.87. The SMILES string of the molecule is FC(F)CN1CCCN(Cc2cnnn2Cc2ccccc2)CC1. The zero-order valence-electron chi connectivity index (χ0n) is 13.7. The van der Waals surface area contributed by atoms with Crippen LogP contribution in [0.15, 0.2) is 36.5 Å². The van der Waals surface area contributed by atoms with Crippen LogP contribution in [0.3, 0.4) is 0 Å². The lowest BCUT2D eigenvalue weighted by Crippen LogP contribution is -2.33. The standard InChI is InChI=1S/C17H23F2N5/c18-17(19)14-23-8-4-7-22(9-10-23)13-16-11-20-21-24(16)12-15-5-2-1-3-6-15/h1-3,5-6,11,17H,4,7-10,12-14H2. The number of aromatic nitrogens is 3. The molecule has 0 spiro atoms. The zero-order valence-corrected chi connectivity index (χ0v) is 13.7. The highest BCUT2D eigenvalue weighted by atomic mass is 19.3. The second-order valence-corrected chi connectivity index (χ2v) is 6.19. The van der Waals surface area contributed by atoms with Gasteiger partial charge in [0.25, 0.3) is 6.43 Å². The van der Waals surface area contributed by atoms with Crippen molar-refractivity contribution in [2.24, 2.45) is 0 Å². The minimum atomic E-state index is -2.26. The Hall–Kier alpha value is -1.86. The third-order valence-electron chi connectivity index (χ3n) is 4.34. The molecule has 3 rings (SSSR count). The molecule has 0 saturated carbocycles. The first kappa shape index (κ1) is 17.0. The first-order chi connectivity index (χ1) is 11.7. The largest absolute Gasteiger partial charge is 0.296 e. The maximum atomic E-state index is 12.5. The van der Waals surface area contributed by atoms with E-state index in [0.29, 0.717) is 13.1 Å². The molecule has 7 heteroatoms. The quantitative estimate of drug-likeness (QED) is 0.810. The Morgan fingerprint density at radius 3 is 2.50 bits per heavy atom. The van der Waals surface area contributed by atoms with Crippen LogP contribution in [0.2, 0.25) is 0 Å². The van der Waals surface area contributed by atoms with Gasteiger partial charge in [-0.2, -0.15) is 0 Å². The lowest BCUT2D eigenvalue weighted by atomic mass is 10.2. The molecule has 5 nitrogen and oxygen atoms in total. The second-order valence-electron chi connectivity index (χ2n) is 6.19. The van der Waals surface area contributed by atoms with E-state index in [-0.39, 0.29) is 6.54 Å². The Morgan fingerprint density at radius 2 is 1.71 bits per heavy atom. The molecule has 0 atom stereocenters. The molecule has 0 amide bonds. The lowest BCUT2D eigenvalue weighted by molar-refractivity contribution is 0.0897. The minimum Gasteiger partial charge on any atom is -0.296 e. The van der Waals surface area contributed by atoms with Crippen molar-refractivity contribution in [2.45, 2.75) is 25.9 Å². The maximum absolute atomic E-state index is 12.5. The Labute approximate surface area is 140 Å². The van der Waals surface area contributed by atoms with Crippen LogP contribution in [0.25, 0.3) is 0 Å². The van der Waals surface area contributed by atoms with E-state index in [1.54, 1.807) is 6.20 Å². The van der Waals surface area contributed by atoms with Crippen molar-refractivity contribution in [3.63, 3.8) is 0 Å². The summed E-state index contributed by atoms with van der Waals surface area (Å²) in [4.78, 5) is 4.15. The summed E-state index contributed by atoms with van der Waals surface area (Å²) in [5.41, 5.74) is 2.24. The molecule has 1 aromatic heterocycles. The van der Waals surface area contributed by atoms with Crippen LogP contribution in [0.4, 0.5) is 8.78 Å². The summed E-state index contributed by atoms with van der Waals surface area (Å²) in [7, 11) is 0. The maximum Gasteiger partial charge on any atom is 0.251 e.